The second kappa shape index (κ2) is 13.7. The Kier molecular flexibility index (Phi) is 11.6. The van der Waals surface area contributed by atoms with Gasteiger partial charge in [0.1, 0.15) is 6.10 Å². The van der Waals surface area contributed by atoms with Crippen LogP contribution in [0, 0.1) is 0 Å². The molecule has 162 valence electrons. The van der Waals surface area contributed by atoms with E-state index in [2.05, 4.69) is 16.0 Å². The number of hydrogen-bond donors (Lipinski definition) is 4. The molecule has 0 aliphatic carbocycles. The van der Waals surface area contributed by atoms with Crippen LogP contribution in [0.25, 0.3) is 0 Å². The Bertz CT molecular complexity index is 638. The lowest BCUT2D eigenvalue weighted by molar-refractivity contribution is -0.148. The summed E-state index contributed by atoms with van der Waals surface area (Å²) in [4.78, 5) is 36.9. The molecule has 0 bridgehead atoms. The summed E-state index contributed by atoms with van der Waals surface area (Å²) >= 11 is 0. The molecule has 1 aromatic rings. The molecule has 0 spiro atoms. The molecule has 3 atom stereocenters. The first-order valence-corrected chi connectivity index (χ1v) is 10.1. The summed E-state index contributed by atoms with van der Waals surface area (Å²) in [5.41, 5.74) is 0.590. The van der Waals surface area contributed by atoms with E-state index in [0.717, 1.165) is 19.3 Å². The van der Waals surface area contributed by atoms with Crippen LogP contribution < -0.4 is 16.0 Å². The molecule has 4 N–H and O–H groups in total. The topological polar surface area (TPSA) is 117 Å². The lowest BCUT2D eigenvalue weighted by Gasteiger charge is -2.22. The molecule has 8 heteroatoms. The number of carbonyl (C=O) groups excluding carboxylic acids is 3. The van der Waals surface area contributed by atoms with Gasteiger partial charge in [0.25, 0.3) is 5.91 Å². The fourth-order valence-corrected chi connectivity index (χ4v) is 2.76. The largest absolute Gasteiger partial charge is 0.464 e. The van der Waals surface area contributed by atoms with Gasteiger partial charge < -0.3 is 25.8 Å². The van der Waals surface area contributed by atoms with Crippen LogP contribution >= 0.6 is 0 Å². The summed E-state index contributed by atoms with van der Waals surface area (Å²) in [7, 11) is 1.66. The summed E-state index contributed by atoms with van der Waals surface area (Å²) in [5, 5.41) is 18.0. The number of amides is 2. The van der Waals surface area contributed by atoms with Crippen LogP contribution in [0.2, 0.25) is 0 Å². The molecule has 1 rings (SSSR count). The number of nitrogens with one attached hydrogen (secondary N) is 3. The number of esters is 1. The van der Waals surface area contributed by atoms with Crippen molar-refractivity contribution in [1.29, 1.82) is 0 Å². The molecule has 0 saturated heterocycles. The molecule has 0 aliphatic heterocycles. The van der Waals surface area contributed by atoms with Crippen molar-refractivity contribution < 1.29 is 24.2 Å². The minimum atomic E-state index is -1.27. The van der Waals surface area contributed by atoms with Crippen LogP contribution in [0.15, 0.2) is 30.3 Å². The third-order valence-corrected chi connectivity index (χ3v) is 4.46. The van der Waals surface area contributed by atoms with Crippen molar-refractivity contribution in [2.24, 2.45) is 0 Å². The van der Waals surface area contributed by atoms with E-state index in [1.165, 1.54) is 0 Å². The van der Waals surface area contributed by atoms with Crippen LogP contribution in [-0.4, -0.2) is 55.2 Å². The Morgan fingerprint density at radius 1 is 1.10 bits per heavy atom. The number of rotatable bonds is 13. The molecular weight excluding hydrogens is 374 g/mol. The number of likely N-dealkylation sites (N-methyl/N-ethyl adjacent to an activating group) is 1. The zero-order valence-corrected chi connectivity index (χ0v) is 17.4. The number of benzene rings is 1. The number of aliphatic hydroxyl groups is 1. The summed E-state index contributed by atoms with van der Waals surface area (Å²) in [6.07, 6.45) is 1.78. The minimum absolute atomic E-state index is 0.278. The van der Waals surface area contributed by atoms with Gasteiger partial charge in [0.15, 0.2) is 6.04 Å². The van der Waals surface area contributed by atoms with Crippen molar-refractivity contribution in [2.75, 3.05) is 20.2 Å². The first kappa shape index (κ1) is 24.6. The summed E-state index contributed by atoms with van der Waals surface area (Å²) in [6.45, 7) is 3.86. The van der Waals surface area contributed by atoms with Gasteiger partial charge in [-0.3, -0.25) is 9.59 Å². The zero-order valence-electron chi connectivity index (χ0n) is 17.4. The van der Waals surface area contributed by atoms with E-state index in [4.69, 9.17) is 4.74 Å². The molecule has 0 aromatic heterocycles. The quantitative estimate of drug-likeness (QED) is 0.287. The summed E-state index contributed by atoms with van der Waals surface area (Å²) < 4.78 is 5.25. The predicted molar refractivity (Wildman–Crippen MR) is 110 cm³/mol. The third kappa shape index (κ3) is 8.62. The Labute approximate surface area is 172 Å². The predicted octanol–water partition coefficient (Wildman–Crippen LogP) is 1.05. The van der Waals surface area contributed by atoms with Gasteiger partial charge in [-0.05, 0) is 25.5 Å². The molecule has 1 aromatic carbocycles. The smallest absolute Gasteiger partial charge is 0.333 e. The van der Waals surface area contributed by atoms with E-state index < -0.39 is 36.0 Å². The molecule has 0 aliphatic rings. The van der Waals surface area contributed by atoms with Crippen molar-refractivity contribution >= 4 is 17.8 Å². The van der Waals surface area contributed by atoms with Crippen molar-refractivity contribution in [1.82, 2.24) is 16.0 Å². The number of carbonyl (C=O) groups is 3. The Hall–Kier alpha value is -2.45. The maximum atomic E-state index is 12.4. The van der Waals surface area contributed by atoms with Crippen LogP contribution in [0.4, 0.5) is 0 Å². The maximum absolute atomic E-state index is 12.4. The molecule has 29 heavy (non-hydrogen) atoms. The monoisotopic (exact) mass is 407 g/mol. The van der Waals surface area contributed by atoms with Crippen molar-refractivity contribution in [3.05, 3.63) is 35.9 Å². The molecule has 0 fully saturated rings. The standard InChI is InChI=1S/C21H33N3O5/c1-4-6-13-29-21(28)18(15-11-8-7-9-12-15)24-17(25)14-23-20(27)19(26)16(22-3)10-5-2/h7-9,11-12,16,18-19,22,26H,4-6,10,13-14H2,1-3H3,(H,23,27)(H,24,25)/t16?,18-,19?/m0/s1. The Balaban J connectivity index is 2.68. The highest BCUT2D eigenvalue weighted by Crippen LogP contribution is 2.14. The van der Waals surface area contributed by atoms with E-state index in [1.807, 2.05) is 13.8 Å². The van der Waals surface area contributed by atoms with Gasteiger partial charge in [-0.1, -0.05) is 57.0 Å². The van der Waals surface area contributed by atoms with Gasteiger partial charge in [0.05, 0.1) is 13.2 Å². The van der Waals surface area contributed by atoms with Gasteiger partial charge in [0, 0.05) is 6.04 Å². The van der Waals surface area contributed by atoms with Gasteiger partial charge in [-0.25, -0.2) is 4.79 Å². The SMILES string of the molecule is CCCCOC(=O)[C@@H](NC(=O)CNC(=O)C(O)C(CCC)NC)c1ccccc1. The van der Waals surface area contributed by atoms with E-state index in [-0.39, 0.29) is 13.2 Å². The van der Waals surface area contributed by atoms with Crippen molar-refractivity contribution in [2.45, 2.75) is 57.7 Å². The number of hydrogen-bond acceptors (Lipinski definition) is 6. The second-order valence-corrected chi connectivity index (χ2v) is 6.78. The number of unbranched alkanes of at least 4 members (excludes halogenated alkanes) is 1. The number of ether oxygens (including phenoxy) is 1. The minimum Gasteiger partial charge on any atom is -0.464 e. The first-order valence-electron chi connectivity index (χ1n) is 10.1. The average molecular weight is 408 g/mol. The van der Waals surface area contributed by atoms with Crippen LogP contribution in [0.5, 0.6) is 0 Å². The van der Waals surface area contributed by atoms with E-state index >= 15 is 0 Å². The highest BCUT2D eigenvalue weighted by atomic mass is 16.5. The van der Waals surface area contributed by atoms with Crippen LogP contribution in [-0.2, 0) is 19.1 Å². The van der Waals surface area contributed by atoms with E-state index in [9.17, 15) is 19.5 Å². The molecule has 0 radical (unpaired) electrons. The maximum Gasteiger partial charge on any atom is 0.333 e. The normalized spacial score (nSPS) is 13.8. The summed E-state index contributed by atoms with van der Waals surface area (Å²) in [5.74, 6) is -1.75. The number of aliphatic hydroxyl groups excluding tert-OH is 1. The first-order chi connectivity index (χ1) is 13.9. The molecule has 8 nitrogen and oxygen atoms in total. The highest BCUT2D eigenvalue weighted by molar-refractivity contribution is 5.90. The van der Waals surface area contributed by atoms with Crippen LogP contribution in [0.1, 0.15) is 51.1 Å². The third-order valence-electron chi connectivity index (χ3n) is 4.46. The highest BCUT2D eigenvalue weighted by Gasteiger charge is 2.26. The van der Waals surface area contributed by atoms with Gasteiger partial charge in [-0.15, -0.1) is 0 Å². The van der Waals surface area contributed by atoms with Crippen LogP contribution in [0.3, 0.4) is 0 Å². The molecule has 0 saturated carbocycles. The van der Waals surface area contributed by atoms with Crippen molar-refractivity contribution in [3.63, 3.8) is 0 Å². The molecule has 2 amide bonds. The average Bonchev–Trinajstić information content (AvgIpc) is 2.74. The molecule has 2 unspecified atom stereocenters. The summed E-state index contributed by atoms with van der Waals surface area (Å²) in [6, 6.07) is 7.41. The Morgan fingerprint density at radius 2 is 1.79 bits per heavy atom. The lowest BCUT2D eigenvalue weighted by atomic mass is 10.1. The van der Waals surface area contributed by atoms with Gasteiger partial charge >= 0.3 is 5.97 Å². The van der Waals surface area contributed by atoms with E-state index in [0.29, 0.717) is 12.0 Å². The fourth-order valence-electron chi connectivity index (χ4n) is 2.76. The van der Waals surface area contributed by atoms with Crippen molar-refractivity contribution in [3.8, 4) is 0 Å². The molecular formula is C21H33N3O5. The van der Waals surface area contributed by atoms with Gasteiger partial charge in [-0.2, -0.15) is 0 Å². The lowest BCUT2D eigenvalue weighted by Crippen LogP contribution is -2.50. The Morgan fingerprint density at radius 3 is 2.38 bits per heavy atom. The molecule has 0 heterocycles. The van der Waals surface area contributed by atoms with Gasteiger partial charge in [0.2, 0.25) is 5.91 Å². The zero-order chi connectivity index (χ0) is 21.6. The fraction of sp³-hybridized carbons (Fsp3) is 0.571. The second-order valence-electron chi connectivity index (χ2n) is 6.78. The van der Waals surface area contributed by atoms with E-state index in [1.54, 1.807) is 37.4 Å².